The van der Waals surface area contributed by atoms with Gasteiger partial charge in [0.05, 0.1) is 11.3 Å². The number of carbonyl (C=O) groups excluding carboxylic acids is 1. The molecule has 0 saturated carbocycles. The summed E-state index contributed by atoms with van der Waals surface area (Å²) in [4.78, 5) is 23.3. The summed E-state index contributed by atoms with van der Waals surface area (Å²) in [7, 11) is -4.22. The number of sulfonamides is 1. The molecule has 1 amide bonds. The summed E-state index contributed by atoms with van der Waals surface area (Å²) in [6.07, 6.45) is 0.0171. The number of amides is 1. The van der Waals surface area contributed by atoms with Crippen LogP contribution in [0, 0.1) is 21.7 Å². The van der Waals surface area contributed by atoms with Crippen molar-refractivity contribution in [2.24, 2.45) is 0 Å². The molecule has 11 heteroatoms. The molecule has 1 aliphatic heterocycles. The lowest BCUT2D eigenvalue weighted by atomic mass is 10.1. The Morgan fingerprint density at radius 2 is 1.66 bits per heavy atom. The normalized spacial score (nSPS) is 15.3. The third kappa shape index (κ3) is 4.57. The van der Waals surface area contributed by atoms with Crippen molar-refractivity contribution in [3.05, 3.63) is 69.8 Å². The largest absolute Gasteiger partial charge is 0.340 e. The Bertz CT molecular complexity index is 1040. The molecule has 0 aliphatic carbocycles. The van der Waals surface area contributed by atoms with E-state index >= 15 is 0 Å². The van der Waals surface area contributed by atoms with E-state index in [-0.39, 0.29) is 44.2 Å². The number of carbonyl (C=O) groups is 1. The fraction of sp³-hybridized carbons (Fsp3) is 0.278. The van der Waals surface area contributed by atoms with E-state index in [1.807, 2.05) is 0 Å². The van der Waals surface area contributed by atoms with Crippen molar-refractivity contribution in [1.82, 2.24) is 9.21 Å². The Morgan fingerprint density at radius 3 is 2.24 bits per heavy atom. The van der Waals surface area contributed by atoms with Crippen LogP contribution in [0.5, 0.6) is 0 Å². The highest BCUT2D eigenvalue weighted by Crippen LogP contribution is 2.22. The van der Waals surface area contributed by atoms with Gasteiger partial charge in [-0.1, -0.05) is 12.1 Å². The van der Waals surface area contributed by atoms with E-state index in [0.29, 0.717) is 11.6 Å². The average Bonchev–Trinajstić information content (AvgIpc) is 2.70. The van der Waals surface area contributed by atoms with Crippen LogP contribution in [0.4, 0.5) is 14.5 Å². The SMILES string of the molecule is O=C(Cc1ccc([N+](=O)[O-])cc1)N1CCN(S(=O)(=O)c2cc(F)ccc2F)CC1. The molecule has 1 heterocycles. The molecule has 0 N–H and O–H groups in total. The van der Waals surface area contributed by atoms with Crippen LogP contribution in [0.3, 0.4) is 0 Å². The topological polar surface area (TPSA) is 101 Å². The van der Waals surface area contributed by atoms with Crippen molar-refractivity contribution in [2.45, 2.75) is 11.3 Å². The zero-order valence-corrected chi connectivity index (χ0v) is 15.9. The molecule has 0 bridgehead atoms. The summed E-state index contributed by atoms with van der Waals surface area (Å²) in [5.74, 6) is -2.15. The lowest BCUT2D eigenvalue weighted by Crippen LogP contribution is -2.51. The van der Waals surface area contributed by atoms with Crippen LogP contribution in [0.25, 0.3) is 0 Å². The van der Waals surface area contributed by atoms with Gasteiger partial charge in [0.25, 0.3) is 5.69 Å². The van der Waals surface area contributed by atoms with E-state index in [4.69, 9.17) is 0 Å². The van der Waals surface area contributed by atoms with Gasteiger partial charge in [-0.05, 0) is 23.8 Å². The first-order valence-electron chi connectivity index (χ1n) is 8.65. The summed E-state index contributed by atoms with van der Waals surface area (Å²) < 4.78 is 53.4. The Kier molecular flexibility index (Phi) is 5.89. The molecule has 1 fully saturated rings. The third-order valence-electron chi connectivity index (χ3n) is 4.60. The number of piperazine rings is 1. The summed E-state index contributed by atoms with van der Waals surface area (Å²) in [5.41, 5.74) is 0.516. The Hall–Kier alpha value is -2.92. The molecular formula is C18H17F2N3O5S. The minimum Gasteiger partial charge on any atom is -0.340 e. The smallest absolute Gasteiger partial charge is 0.269 e. The lowest BCUT2D eigenvalue weighted by Gasteiger charge is -2.34. The Morgan fingerprint density at radius 1 is 1.03 bits per heavy atom. The van der Waals surface area contributed by atoms with Gasteiger partial charge in [0.2, 0.25) is 15.9 Å². The van der Waals surface area contributed by atoms with Gasteiger partial charge < -0.3 is 4.90 Å². The number of hydrogen-bond donors (Lipinski definition) is 0. The van der Waals surface area contributed by atoms with Gasteiger partial charge in [0.1, 0.15) is 16.5 Å². The standard InChI is InChI=1S/C18H17F2N3O5S/c19-14-3-6-16(20)17(12-14)29(27,28)22-9-7-21(8-10-22)18(24)11-13-1-4-15(5-2-13)23(25)26/h1-6,12H,7-11H2. The van der Waals surface area contributed by atoms with Gasteiger partial charge >= 0.3 is 0 Å². The summed E-state index contributed by atoms with van der Waals surface area (Å²) in [6, 6.07) is 7.82. The fourth-order valence-electron chi connectivity index (χ4n) is 3.01. The van der Waals surface area contributed by atoms with Gasteiger partial charge in [-0.15, -0.1) is 0 Å². The lowest BCUT2D eigenvalue weighted by molar-refractivity contribution is -0.384. The van der Waals surface area contributed by atoms with Crippen LogP contribution < -0.4 is 0 Å². The molecule has 29 heavy (non-hydrogen) atoms. The fourth-order valence-corrected chi connectivity index (χ4v) is 4.51. The van der Waals surface area contributed by atoms with Crippen molar-refractivity contribution < 1.29 is 26.9 Å². The van der Waals surface area contributed by atoms with Crippen molar-refractivity contribution >= 4 is 21.6 Å². The van der Waals surface area contributed by atoms with E-state index in [0.717, 1.165) is 16.4 Å². The van der Waals surface area contributed by atoms with E-state index in [2.05, 4.69) is 0 Å². The van der Waals surface area contributed by atoms with Crippen LogP contribution >= 0.6 is 0 Å². The molecule has 8 nitrogen and oxygen atoms in total. The predicted molar refractivity (Wildman–Crippen MR) is 98.5 cm³/mol. The second-order valence-corrected chi connectivity index (χ2v) is 8.37. The van der Waals surface area contributed by atoms with Crippen LogP contribution in [0.1, 0.15) is 5.56 Å². The molecule has 0 radical (unpaired) electrons. The van der Waals surface area contributed by atoms with E-state index in [1.54, 1.807) is 0 Å². The van der Waals surface area contributed by atoms with Crippen molar-refractivity contribution in [3.8, 4) is 0 Å². The van der Waals surface area contributed by atoms with E-state index in [9.17, 15) is 32.1 Å². The first kappa shape index (κ1) is 20.8. The summed E-state index contributed by atoms with van der Waals surface area (Å²) >= 11 is 0. The quantitative estimate of drug-likeness (QED) is 0.538. The Labute approximate surface area is 165 Å². The molecular weight excluding hydrogens is 408 g/mol. The highest BCUT2D eigenvalue weighted by molar-refractivity contribution is 7.89. The number of nitro groups is 1. The monoisotopic (exact) mass is 425 g/mol. The van der Waals surface area contributed by atoms with E-state index < -0.39 is 31.5 Å². The van der Waals surface area contributed by atoms with Crippen LogP contribution in [0.15, 0.2) is 47.4 Å². The van der Waals surface area contributed by atoms with Crippen molar-refractivity contribution in [2.75, 3.05) is 26.2 Å². The average molecular weight is 425 g/mol. The Balaban J connectivity index is 1.63. The third-order valence-corrected chi connectivity index (χ3v) is 6.52. The maximum Gasteiger partial charge on any atom is 0.269 e. The van der Waals surface area contributed by atoms with Gasteiger partial charge in [-0.2, -0.15) is 4.31 Å². The van der Waals surface area contributed by atoms with Crippen LogP contribution in [-0.4, -0.2) is 54.6 Å². The minimum atomic E-state index is -4.22. The van der Waals surface area contributed by atoms with E-state index in [1.165, 1.54) is 29.2 Å². The van der Waals surface area contributed by atoms with Gasteiger partial charge in [0.15, 0.2) is 0 Å². The molecule has 1 aliphatic rings. The van der Waals surface area contributed by atoms with Crippen molar-refractivity contribution in [3.63, 3.8) is 0 Å². The van der Waals surface area contributed by atoms with Gasteiger partial charge in [-0.3, -0.25) is 14.9 Å². The molecule has 1 saturated heterocycles. The number of non-ortho nitro benzene ring substituents is 1. The molecule has 3 rings (SSSR count). The summed E-state index contributed by atoms with van der Waals surface area (Å²) in [6.45, 7) is 0.0958. The highest BCUT2D eigenvalue weighted by atomic mass is 32.2. The summed E-state index contributed by atoms with van der Waals surface area (Å²) in [5, 5.41) is 10.7. The first-order chi connectivity index (χ1) is 13.7. The molecule has 0 aromatic heterocycles. The molecule has 2 aromatic rings. The second-order valence-electron chi connectivity index (χ2n) is 6.46. The van der Waals surface area contributed by atoms with Crippen molar-refractivity contribution in [1.29, 1.82) is 0 Å². The molecule has 0 spiro atoms. The molecule has 154 valence electrons. The highest BCUT2D eigenvalue weighted by Gasteiger charge is 2.32. The molecule has 0 unspecified atom stereocenters. The second kappa shape index (κ2) is 8.21. The number of rotatable bonds is 5. The number of nitro benzene ring substituents is 1. The zero-order chi connectivity index (χ0) is 21.2. The zero-order valence-electron chi connectivity index (χ0n) is 15.1. The maximum atomic E-state index is 13.9. The number of halogens is 2. The first-order valence-corrected chi connectivity index (χ1v) is 10.1. The maximum absolute atomic E-state index is 13.9. The van der Waals surface area contributed by atoms with Gasteiger partial charge in [0, 0.05) is 38.3 Å². The predicted octanol–water partition coefficient (Wildman–Crippen LogP) is 1.95. The molecule has 2 aromatic carbocycles. The van der Waals surface area contributed by atoms with Crippen LogP contribution in [-0.2, 0) is 21.2 Å². The number of benzene rings is 2. The van der Waals surface area contributed by atoms with Crippen LogP contribution in [0.2, 0.25) is 0 Å². The molecule has 0 atom stereocenters. The number of hydrogen-bond acceptors (Lipinski definition) is 5. The minimum absolute atomic E-state index is 0.0171. The number of nitrogens with zero attached hydrogens (tertiary/aromatic N) is 3. The van der Waals surface area contributed by atoms with Gasteiger partial charge in [-0.25, -0.2) is 17.2 Å².